The van der Waals surface area contributed by atoms with Crippen molar-refractivity contribution in [2.75, 3.05) is 6.79 Å². The van der Waals surface area contributed by atoms with Crippen molar-refractivity contribution in [2.45, 2.75) is 20.3 Å². The molecular weight excluding hydrogens is 264 g/mol. The first kappa shape index (κ1) is 12.2. The number of aromatic nitrogens is 2. The molecule has 98 valence electrons. The summed E-state index contributed by atoms with van der Waals surface area (Å²) in [4.78, 5) is 8.89. The van der Waals surface area contributed by atoms with E-state index in [2.05, 4.69) is 16.9 Å². The summed E-state index contributed by atoms with van der Waals surface area (Å²) in [5.41, 5.74) is 2.78. The Bertz CT molecular complexity index is 644. The van der Waals surface area contributed by atoms with E-state index in [1.807, 2.05) is 25.1 Å². The number of nitrogens with zero attached hydrogens (tertiary/aromatic N) is 2. The lowest BCUT2D eigenvalue weighted by molar-refractivity contribution is 0.174. The molecule has 5 heteroatoms. The van der Waals surface area contributed by atoms with E-state index in [1.165, 1.54) is 0 Å². The average Bonchev–Trinajstić information content (AvgIpc) is 2.89. The monoisotopic (exact) mass is 276 g/mol. The predicted octanol–water partition coefficient (Wildman–Crippen LogP) is 3.40. The number of benzene rings is 1. The largest absolute Gasteiger partial charge is 0.454 e. The molecule has 0 N–H and O–H groups in total. The summed E-state index contributed by atoms with van der Waals surface area (Å²) >= 11 is 6.16. The van der Waals surface area contributed by atoms with Crippen LogP contribution in [0.1, 0.15) is 18.2 Å². The fourth-order valence-electron chi connectivity index (χ4n) is 2.04. The third kappa shape index (κ3) is 2.12. The first-order valence-corrected chi connectivity index (χ1v) is 6.50. The average molecular weight is 277 g/mol. The highest BCUT2D eigenvalue weighted by atomic mass is 35.5. The number of hydrogen-bond donors (Lipinski definition) is 0. The van der Waals surface area contributed by atoms with Gasteiger partial charge in [0.2, 0.25) is 6.79 Å². The molecule has 1 aliphatic heterocycles. The molecular formula is C14H13ClN2O2. The zero-order valence-electron chi connectivity index (χ0n) is 10.7. The summed E-state index contributed by atoms with van der Waals surface area (Å²) < 4.78 is 10.6. The number of hydrogen-bond acceptors (Lipinski definition) is 4. The van der Waals surface area contributed by atoms with Gasteiger partial charge in [-0.2, -0.15) is 0 Å². The molecule has 1 aromatic heterocycles. The van der Waals surface area contributed by atoms with Gasteiger partial charge in [0.05, 0.1) is 0 Å². The molecule has 0 atom stereocenters. The van der Waals surface area contributed by atoms with E-state index >= 15 is 0 Å². The Morgan fingerprint density at radius 1 is 1.21 bits per heavy atom. The minimum Gasteiger partial charge on any atom is -0.454 e. The maximum Gasteiger partial charge on any atom is 0.231 e. The fraction of sp³-hybridized carbons (Fsp3) is 0.286. The van der Waals surface area contributed by atoms with Crippen LogP contribution in [0, 0.1) is 6.92 Å². The first-order chi connectivity index (χ1) is 9.19. The van der Waals surface area contributed by atoms with Crippen LogP contribution in [0.4, 0.5) is 0 Å². The molecule has 19 heavy (non-hydrogen) atoms. The topological polar surface area (TPSA) is 44.2 Å². The predicted molar refractivity (Wildman–Crippen MR) is 72.7 cm³/mol. The number of aryl methyl sites for hydroxylation is 1. The fourth-order valence-corrected chi connectivity index (χ4v) is 2.23. The van der Waals surface area contributed by atoms with Crippen molar-refractivity contribution in [1.82, 2.24) is 9.97 Å². The second-order valence-corrected chi connectivity index (χ2v) is 4.69. The molecule has 0 aliphatic carbocycles. The van der Waals surface area contributed by atoms with E-state index in [-0.39, 0.29) is 6.79 Å². The SMILES string of the molecule is CCc1nc(-c2ccc3c(c2)OCO3)nc(Cl)c1C. The van der Waals surface area contributed by atoms with Crippen molar-refractivity contribution in [3.8, 4) is 22.9 Å². The van der Waals surface area contributed by atoms with E-state index in [9.17, 15) is 0 Å². The van der Waals surface area contributed by atoms with E-state index in [1.54, 1.807) is 0 Å². The molecule has 0 amide bonds. The van der Waals surface area contributed by atoms with Crippen LogP contribution in [0.15, 0.2) is 18.2 Å². The minimum absolute atomic E-state index is 0.258. The third-order valence-corrected chi connectivity index (χ3v) is 3.52. The molecule has 2 aromatic rings. The molecule has 3 rings (SSSR count). The summed E-state index contributed by atoms with van der Waals surface area (Å²) in [6.07, 6.45) is 0.825. The van der Waals surface area contributed by atoms with Crippen LogP contribution in [-0.4, -0.2) is 16.8 Å². The molecule has 0 unspecified atom stereocenters. The molecule has 4 nitrogen and oxygen atoms in total. The van der Waals surface area contributed by atoms with Crippen molar-refractivity contribution in [1.29, 1.82) is 0 Å². The third-order valence-electron chi connectivity index (χ3n) is 3.15. The Labute approximate surface area is 116 Å². The smallest absolute Gasteiger partial charge is 0.231 e. The van der Waals surface area contributed by atoms with E-state index < -0.39 is 0 Å². The normalized spacial score (nSPS) is 12.8. The quantitative estimate of drug-likeness (QED) is 0.789. The second-order valence-electron chi connectivity index (χ2n) is 4.33. The Balaban J connectivity index is 2.09. The van der Waals surface area contributed by atoms with Gasteiger partial charge in [-0.1, -0.05) is 18.5 Å². The van der Waals surface area contributed by atoms with Crippen molar-refractivity contribution in [2.24, 2.45) is 0 Å². The lowest BCUT2D eigenvalue weighted by Gasteiger charge is -2.08. The lowest BCUT2D eigenvalue weighted by atomic mass is 10.1. The van der Waals surface area contributed by atoms with E-state index in [4.69, 9.17) is 21.1 Å². The molecule has 0 saturated carbocycles. The molecule has 1 aromatic carbocycles. The van der Waals surface area contributed by atoms with Crippen LogP contribution < -0.4 is 9.47 Å². The number of ether oxygens (including phenoxy) is 2. The van der Waals surface area contributed by atoms with Gasteiger partial charge < -0.3 is 9.47 Å². The Morgan fingerprint density at radius 2 is 2.00 bits per heavy atom. The minimum atomic E-state index is 0.258. The Kier molecular flexibility index (Phi) is 3.03. The summed E-state index contributed by atoms with van der Waals surface area (Å²) in [5, 5.41) is 0.500. The highest BCUT2D eigenvalue weighted by Gasteiger charge is 2.16. The van der Waals surface area contributed by atoms with Gasteiger partial charge in [0.25, 0.3) is 0 Å². The summed E-state index contributed by atoms with van der Waals surface area (Å²) in [6, 6.07) is 5.65. The van der Waals surface area contributed by atoms with E-state index in [0.717, 1.165) is 34.7 Å². The van der Waals surface area contributed by atoms with Crippen molar-refractivity contribution in [3.05, 3.63) is 34.6 Å². The molecule has 0 saturated heterocycles. The van der Waals surface area contributed by atoms with Gasteiger partial charge in [-0.25, -0.2) is 9.97 Å². The van der Waals surface area contributed by atoms with Gasteiger partial charge in [0, 0.05) is 16.8 Å². The van der Waals surface area contributed by atoms with Crippen LogP contribution in [0.3, 0.4) is 0 Å². The van der Waals surface area contributed by atoms with Gasteiger partial charge in [-0.3, -0.25) is 0 Å². The van der Waals surface area contributed by atoms with Crippen LogP contribution in [-0.2, 0) is 6.42 Å². The van der Waals surface area contributed by atoms with Gasteiger partial charge in [0.15, 0.2) is 17.3 Å². The lowest BCUT2D eigenvalue weighted by Crippen LogP contribution is -1.99. The van der Waals surface area contributed by atoms with Crippen molar-refractivity contribution >= 4 is 11.6 Å². The Hall–Kier alpha value is -1.81. The maximum absolute atomic E-state index is 6.16. The second kappa shape index (κ2) is 4.70. The van der Waals surface area contributed by atoms with Gasteiger partial charge in [-0.15, -0.1) is 0 Å². The molecule has 1 aliphatic rings. The van der Waals surface area contributed by atoms with Crippen molar-refractivity contribution < 1.29 is 9.47 Å². The summed E-state index contributed by atoms with van der Waals surface area (Å²) in [5.74, 6) is 2.08. The molecule has 0 spiro atoms. The Morgan fingerprint density at radius 3 is 2.79 bits per heavy atom. The molecule has 0 radical (unpaired) electrons. The van der Waals surface area contributed by atoms with Crippen molar-refractivity contribution in [3.63, 3.8) is 0 Å². The van der Waals surface area contributed by atoms with Crippen LogP contribution >= 0.6 is 11.6 Å². The van der Waals surface area contributed by atoms with E-state index in [0.29, 0.717) is 11.0 Å². The number of fused-ring (bicyclic) bond motifs is 1. The maximum atomic E-state index is 6.16. The molecule has 0 fully saturated rings. The number of halogens is 1. The highest BCUT2D eigenvalue weighted by molar-refractivity contribution is 6.30. The van der Waals surface area contributed by atoms with Crippen LogP contribution in [0.25, 0.3) is 11.4 Å². The zero-order valence-corrected chi connectivity index (χ0v) is 11.5. The highest BCUT2D eigenvalue weighted by Crippen LogP contribution is 2.35. The van der Waals surface area contributed by atoms with Crippen LogP contribution in [0.2, 0.25) is 5.15 Å². The first-order valence-electron chi connectivity index (χ1n) is 6.12. The van der Waals surface area contributed by atoms with Gasteiger partial charge in [-0.05, 0) is 31.5 Å². The molecule has 0 bridgehead atoms. The molecule has 2 heterocycles. The zero-order chi connectivity index (χ0) is 13.4. The summed E-state index contributed by atoms with van der Waals surface area (Å²) in [7, 11) is 0. The standard InChI is InChI=1S/C14H13ClN2O2/c1-3-10-8(2)13(15)17-14(16-10)9-4-5-11-12(6-9)19-7-18-11/h4-6H,3,7H2,1-2H3. The van der Waals surface area contributed by atoms with Gasteiger partial charge in [0.1, 0.15) is 5.15 Å². The van der Waals surface area contributed by atoms with Crippen LogP contribution in [0.5, 0.6) is 11.5 Å². The van der Waals surface area contributed by atoms with Gasteiger partial charge >= 0.3 is 0 Å². The summed E-state index contributed by atoms with van der Waals surface area (Å²) in [6.45, 7) is 4.24. The number of rotatable bonds is 2.